The molecule has 0 N–H and O–H groups in total. The molecule has 118 valence electrons. The van der Waals surface area contributed by atoms with Gasteiger partial charge in [-0.25, -0.2) is 0 Å². The van der Waals surface area contributed by atoms with Crippen LogP contribution in [0.2, 0.25) is 0 Å². The van der Waals surface area contributed by atoms with E-state index >= 15 is 0 Å². The van der Waals surface area contributed by atoms with Crippen molar-refractivity contribution in [3.05, 3.63) is 54.4 Å². The number of amides is 1. The van der Waals surface area contributed by atoms with E-state index in [4.69, 9.17) is 9.47 Å². The Hall–Kier alpha value is -2.40. The summed E-state index contributed by atoms with van der Waals surface area (Å²) in [7, 11) is 0. The molecule has 1 amide bonds. The van der Waals surface area contributed by atoms with Crippen LogP contribution in [0.1, 0.15) is 18.5 Å². The highest BCUT2D eigenvalue weighted by Gasteiger charge is 2.51. The van der Waals surface area contributed by atoms with E-state index in [1.54, 1.807) is 11.1 Å². The predicted molar refractivity (Wildman–Crippen MR) is 85.3 cm³/mol. The lowest BCUT2D eigenvalue weighted by Crippen LogP contribution is -2.46. The number of hydrogen-bond donors (Lipinski definition) is 0. The molecular weight excluding hydrogens is 292 g/mol. The Balaban J connectivity index is 1.43. The van der Waals surface area contributed by atoms with Crippen LogP contribution in [0.25, 0.3) is 0 Å². The summed E-state index contributed by atoms with van der Waals surface area (Å²) in [5, 5.41) is 0. The Morgan fingerprint density at radius 1 is 1.22 bits per heavy atom. The van der Waals surface area contributed by atoms with E-state index in [0.29, 0.717) is 13.2 Å². The largest absolute Gasteiger partial charge is 0.483 e. The quantitative estimate of drug-likeness (QED) is 0.871. The summed E-state index contributed by atoms with van der Waals surface area (Å²) in [4.78, 5) is 18.6. The first kappa shape index (κ1) is 14.2. The maximum absolute atomic E-state index is 12.6. The van der Waals surface area contributed by atoms with Crippen molar-refractivity contribution in [1.82, 2.24) is 4.98 Å². The summed E-state index contributed by atoms with van der Waals surface area (Å²) in [5.41, 5.74) is 1.48. The van der Waals surface area contributed by atoms with Gasteiger partial charge in [-0.2, -0.15) is 0 Å². The van der Waals surface area contributed by atoms with Crippen molar-refractivity contribution in [1.29, 1.82) is 0 Å². The smallest absolute Gasteiger partial charge is 0.253 e. The fraction of sp³-hybridized carbons (Fsp3) is 0.333. The van der Waals surface area contributed by atoms with Gasteiger partial charge in [-0.15, -0.1) is 0 Å². The third kappa shape index (κ3) is 2.92. The van der Waals surface area contributed by atoms with E-state index in [1.807, 2.05) is 42.5 Å². The fourth-order valence-electron chi connectivity index (χ4n) is 2.83. The summed E-state index contributed by atoms with van der Waals surface area (Å²) in [6.07, 6.45) is 3.72. The van der Waals surface area contributed by atoms with Crippen molar-refractivity contribution in [2.45, 2.75) is 25.0 Å². The number of fused-ring (bicyclic) bond motifs is 1. The van der Waals surface area contributed by atoms with E-state index in [0.717, 1.165) is 30.0 Å². The SMILES string of the molecule is O=C(COCc1ccccn1)N1CC2(CC2)Oc2ccccc21. The first-order valence-corrected chi connectivity index (χ1v) is 7.82. The minimum absolute atomic E-state index is 0.0389. The summed E-state index contributed by atoms with van der Waals surface area (Å²) < 4.78 is 11.6. The first-order chi connectivity index (χ1) is 11.3. The van der Waals surface area contributed by atoms with Gasteiger partial charge in [-0.1, -0.05) is 18.2 Å². The molecule has 2 heterocycles. The lowest BCUT2D eigenvalue weighted by atomic mass is 10.1. The van der Waals surface area contributed by atoms with Crippen molar-refractivity contribution in [3.63, 3.8) is 0 Å². The van der Waals surface area contributed by atoms with Gasteiger partial charge in [0, 0.05) is 6.20 Å². The van der Waals surface area contributed by atoms with Crippen LogP contribution in [0.15, 0.2) is 48.7 Å². The van der Waals surface area contributed by atoms with Crippen LogP contribution in [0.3, 0.4) is 0 Å². The average Bonchev–Trinajstić information content (AvgIpc) is 3.33. The Labute approximate surface area is 134 Å². The molecule has 23 heavy (non-hydrogen) atoms. The molecule has 0 saturated heterocycles. The number of pyridine rings is 1. The van der Waals surface area contributed by atoms with E-state index < -0.39 is 0 Å². The molecule has 1 spiro atoms. The van der Waals surface area contributed by atoms with Gasteiger partial charge in [-0.3, -0.25) is 9.78 Å². The molecule has 2 aromatic rings. The molecule has 4 rings (SSSR count). The highest BCUT2D eigenvalue weighted by molar-refractivity contribution is 5.96. The second-order valence-corrected chi connectivity index (χ2v) is 6.05. The van der Waals surface area contributed by atoms with E-state index in [-0.39, 0.29) is 18.1 Å². The van der Waals surface area contributed by atoms with E-state index in [2.05, 4.69) is 4.98 Å². The summed E-state index contributed by atoms with van der Waals surface area (Å²) in [6, 6.07) is 13.3. The lowest BCUT2D eigenvalue weighted by molar-refractivity contribution is -0.124. The molecule has 2 aliphatic rings. The van der Waals surface area contributed by atoms with Crippen LogP contribution in [0, 0.1) is 0 Å². The van der Waals surface area contributed by atoms with Crippen molar-refractivity contribution < 1.29 is 14.3 Å². The van der Waals surface area contributed by atoms with Gasteiger partial charge >= 0.3 is 0 Å². The predicted octanol–water partition coefficient (Wildman–Crippen LogP) is 2.56. The monoisotopic (exact) mass is 310 g/mol. The van der Waals surface area contributed by atoms with Gasteiger partial charge in [0.25, 0.3) is 5.91 Å². The normalized spacial score (nSPS) is 17.5. The minimum Gasteiger partial charge on any atom is -0.483 e. The van der Waals surface area contributed by atoms with Gasteiger partial charge < -0.3 is 14.4 Å². The van der Waals surface area contributed by atoms with E-state index in [9.17, 15) is 4.79 Å². The van der Waals surface area contributed by atoms with Gasteiger partial charge in [0.1, 0.15) is 18.0 Å². The summed E-state index contributed by atoms with van der Waals surface area (Å²) >= 11 is 0. The Kier molecular flexibility index (Phi) is 3.50. The van der Waals surface area contributed by atoms with E-state index in [1.165, 1.54) is 0 Å². The van der Waals surface area contributed by atoms with Gasteiger partial charge in [0.05, 0.1) is 24.5 Å². The Bertz CT molecular complexity index is 713. The number of nitrogens with zero attached hydrogens (tertiary/aromatic N) is 2. The van der Waals surface area contributed by atoms with Crippen LogP contribution in [-0.2, 0) is 16.1 Å². The Morgan fingerprint density at radius 3 is 2.83 bits per heavy atom. The molecule has 1 saturated carbocycles. The highest BCUT2D eigenvalue weighted by atomic mass is 16.5. The zero-order valence-corrected chi connectivity index (χ0v) is 12.8. The zero-order valence-electron chi connectivity index (χ0n) is 12.8. The molecule has 1 aromatic carbocycles. The highest BCUT2D eigenvalue weighted by Crippen LogP contribution is 2.48. The molecule has 1 aromatic heterocycles. The first-order valence-electron chi connectivity index (χ1n) is 7.82. The van der Waals surface area contributed by atoms with Crippen LogP contribution < -0.4 is 9.64 Å². The molecule has 0 unspecified atom stereocenters. The zero-order chi connectivity index (χ0) is 15.7. The number of hydrogen-bond acceptors (Lipinski definition) is 4. The molecule has 5 nitrogen and oxygen atoms in total. The number of ether oxygens (including phenoxy) is 2. The van der Waals surface area contributed by atoms with Gasteiger partial charge in [0.15, 0.2) is 0 Å². The molecule has 1 fully saturated rings. The molecular formula is C18H18N2O3. The van der Waals surface area contributed by atoms with Crippen LogP contribution >= 0.6 is 0 Å². The van der Waals surface area contributed by atoms with Crippen molar-refractivity contribution in [2.75, 3.05) is 18.1 Å². The second-order valence-electron chi connectivity index (χ2n) is 6.05. The Morgan fingerprint density at radius 2 is 2.04 bits per heavy atom. The molecule has 0 atom stereocenters. The fourth-order valence-corrected chi connectivity index (χ4v) is 2.83. The molecule has 0 bridgehead atoms. The van der Waals surface area contributed by atoms with Crippen LogP contribution in [0.4, 0.5) is 5.69 Å². The molecule has 1 aliphatic carbocycles. The van der Waals surface area contributed by atoms with Crippen LogP contribution in [-0.4, -0.2) is 29.6 Å². The number of rotatable bonds is 4. The topological polar surface area (TPSA) is 51.7 Å². The summed E-state index contributed by atoms with van der Waals surface area (Å²) in [6.45, 7) is 0.987. The molecule has 5 heteroatoms. The second kappa shape index (κ2) is 5.66. The average molecular weight is 310 g/mol. The van der Waals surface area contributed by atoms with Crippen molar-refractivity contribution >= 4 is 11.6 Å². The molecule has 1 aliphatic heterocycles. The van der Waals surface area contributed by atoms with Gasteiger partial charge in [0.2, 0.25) is 0 Å². The number of benzene rings is 1. The number of carbonyl (C=O) groups is 1. The number of anilines is 1. The maximum atomic E-state index is 12.6. The lowest BCUT2D eigenvalue weighted by Gasteiger charge is -2.35. The number of para-hydroxylation sites is 2. The minimum atomic E-state index is -0.176. The van der Waals surface area contributed by atoms with Crippen molar-refractivity contribution in [2.24, 2.45) is 0 Å². The maximum Gasteiger partial charge on any atom is 0.253 e. The van der Waals surface area contributed by atoms with Gasteiger partial charge in [-0.05, 0) is 37.1 Å². The number of carbonyl (C=O) groups excluding carboxylic acids is 1. The standard InChI is InChI=1S/C18H18N2O3/c21-17(12-22-11-14-5-3-4-10-19-14)20-13-18(8-9-18)23-16-7-2-1-6-15(16)20/h1-7,10H,8-9,11-13H2. The summed E-state index contributed by atoms with van der Waals surface area (Å²) in [5.74, 6) is 0.747. The van der Waals surface area contributed by atoms with Crippen molar-refractivity contribution in [3.8, 4) is 5.75 Å². The third-order valence-corrected chi connectivity index (χ3v) is 4.24. The third-order valence-electron chi connectivity index (χ3n) is 4.24. The number of aromatic nitrogens is 1. The van der Waals surface area contributed by atoms with Crippen LogP contribution in [0.5, 0.6) is 5.75 Å². The molecule has 0 radical (unpaired) electrons.